The number of amides is 1. The maximum Gasteiger partial charge on any atom is 0.233 e. The lowest BCUT2D eigenvalue weighted by Gasteiger charge is -2.28. The first-order chi connectivity index (χ1) is 7.92. The molecule has 0 heterocycles. The quantitative estimate of drug-likeness (QED) is 0.864. The highest BCUT2D eigenvalue weighted by atomic mass is 16.5. The van der Waals surface area contributed by atoms with Crippen molar-refractivity contribution in [3.05, 3.63) is 24.3 Å². The van der Waals surface area contributed by atoms with Crippen LogP contribution in [0.3, 0.4) is 0 Å². The zero-order chi connectivity index (χ0) is 13.1. The molecule has 0 atom stereocenters. The van der Waals surface area contributed by atoms with Crippen LogP contribution in [0.5, 0.6) is 5.75 Å². The summed E-state index contributed by atoms with van der Waals surface area (Å²) in [7, 11) is 3.35. The second-order valence-corrected chi connectivity index (χ2v) is 4.65. The highest BCUT2D eigenvalue weighted by Crippen LogP contribution is 2.24. The summed E-state index contributed by atoms with van der Waals surface area (Å²) >= 11 is 0. The largest absolute Gasteiger partial charge is 0.497 e. The minimum Gasteiger partial charge on any atom is -0.497 e. The average molecular weight is 236 g/mol. The summed E-state index contributed by atoms with van der Waals surface area (Å²) in [5, 5.41) is 0. The van der Waals surface area contributed by atoms with E-state index in [1.54, 1.807) is 19.1 Å². The minimum absolute atomic E-state index is 0.00625. The molecular formula is C13H20N2O2. The maximum absolute atomic E-state index is 12.2. The van der Waals surface area contributed by atoms with Crippen LogP contribution in [0.4, 0.5) is 5.69 Å². The van der Waals surface area contributed by atoms with E-state index < -0.39 is 5.41 Å². The topological polar surface area (TPSA) is 55.6 Å². The number of hydrogen-bond acceptors (Lipinski definition) is 3. The van der Waals surface area contributed by atoms with Gasteiger partial charge in [0.2, 0.25) is 5.91 Å². The average Bonchev–Trinajstić information content (AvgIpc) is 2.37. The monoisotopic (exact) mass is 236 g/mol. The van der Waals surface area contributed by atoms with Crippen LogP contribution < -0.4 is 15.4 Å². The molecule has 0 aliphatic rings. The van der Waals surface area contributed by atoms with Crippen LogP contribution in [-0.2, 0) is 4.79 Å². The van der Waals surface area contributed by atoms with Crippen molar-refractivity contribution in [2.24, 2.45) is 11.1 Å². The third-order valence-electron chi connectivity index (χ3n) is 2.83. The predicted molar refractivity (Wildman–Crippen MR) is 69.2 cm³/mol. The first-order valence-electron chi connectivity index (χ1n) is 5.54. The van der Waals surface area contributed by atoms with Crippen LogP contribution >= 0.6 is 0 Å². The number of ether oxygens (including phenoxy) is 1. The van der Waals surface area contributed by atoms with Crippen molar-refractivity contribution in [1.29, 1.82) is 0 Å². The van der Waals surface area contributed by atoms with Crippen LogP contribution in [0.15, 0.2) is 24.3 Å². The number of methoxy groups -OCH3 is 1. The van der Waals surface area contributed by atoms with Crippen LogP contribution in [-0.4, -0.2) is 26.6 Å². The Hall–Kier alpha value is -1.55. The SMILES string of the molecule is COc1cccc(N(C)C(=O)C(C)(C)CN)c1. The molecule has 0 saturated heterocycles. The summed E-state index contributed by atoms with van der Waals surface area (Å²) < 4.78 is 5.13. The molecule has 4 heteroatoms. The molecule has 0 spiro atoms. The van der Waals surface area contributed by atoms with Gasteiger partial charge in [-0.25, -0.2) is 0 Å². The van der Waals surface area contributed by atoms with Crippen molar-refractivity contribution < 1.29 is 9.53 Å². The Bertz CT molecular complexity index is 402. The van der Waals surface area contributed by atoms with E-state index in [2.05, 4.69) is 0 Å². The Labute approximate surface area is 102 Å². The van der Waals surface area contributed by atoms with E-state index in [0.717, 1.165) is 11.4 Å². The van der Waals surface area contributed by atoms with Crippen LogP contribution in [0.2, 0.25) is 0 Å². The molecule has 0 radical (unpaired) electrons. The van der Waals surface area contributed by atoms with Crippen molar-refractivity contribution in [2.45, 2.75) is 13.8 Å². The van der Waals surface area contributed by atoms with Gasteiger partial charge in [-0.05, 0) is 26.0 Å². The Balaban J connectivity index is 2.96. The van der Waals surface area contributed by atoms with Gasteiger partial charge in [-0.1, -0.05) is 6.07 Å². The molecule has 1 aromatic rings. The number of carbonyl (C=O) groups excluding carboxylic acids is 1. The minimum atomic E-state index is -0.558. The molecule has 4 nitrogen and oxygen atoms in total. The van der Waals surface area contributed by atoms with Gasteiger partial charge in [-0.15, -0.1) is 0 Å². The van der Waals surface area contributed by atoms with Gasteiger partial charge in [0.05, 0.1) is 12.5 Å². The second-order valence-electron chi connectivity index (χ2n) is 4.65. The van der Waals surface area contributed by atoms with Gasteiger partial charge in [0, 0.05) is 25.3 Å². The third kappa shape index (κ3) is 2.97. The number of benzene rings is 1. The summed E-state index contributed by atoms with van der Waals surface area (Å²) in [4.78, 5) is 13.8. The van der Waals surface area contributed by atoms with Gasteiger partial charge in [-0.3, -0.25) is 4.79 Å². The fourth-order valence-corrected chi connectivity index (χ4v) is 1.48. The van der Waals surface area contributed by atoms with Crippen molar-refractivity contribution in [2.75, 3.05) is 25.6 Å². The smallest absolute Gasteiger partial charge is 0.233 e. The predicted octanol–water partition coefficient (Wildman–Crippen LogP) is 1.64. The molecule has 0 bridgehead atoms. The first kappa shape index (κ1) is 13.5. The summed E-state index contributed by atoms with van der Waals surface area (Å²) in [5.74, 6) is 0.723. The number of hydrogen-bond donors (Lipinski definition) is 1. The molecule has 0 saturated carbocycles. The zero-order valence-corrected chi connectivity index (χ0v) is 10.9. The molecule has 1 aromatic carbocycles. The standard InChI is InChI=1S/C13H20N2O2/c1-13(2,9-14)12(16)15(3)10-6-5-7-11(8-10)17-4/h5-8H,9,14H2,1-4H3. The van der Waals surface area contributed by atoms with Crippen molar-refractivity contribution >= 4 is 11.6 Å². The Kier molecular flexibility index (Phi) is 4.12. The Morgan fingerprint density at radius 2 is 2.12 bits per heavy atom. The Morgan fingerprint density at radius 3 is 2.65 bits per heavy atom. The molecule has 0 aliphatic carbocycles. The number of rotatable bonds is 4. The fraction of sp³-hybridized carbons (Fsp3) is 0.462. The lowest BCUT2D eigenvalue weighted by molar-refractivity contribution is -0.125. The summed E-state index contributed by atoms with van der Waals surface area (Å²) in [6.07, 6.45) is 0. The number of carbonyl (C=O) groups is 1. The fourth-order valence-electron chi connectivity index (χ4n) is 1.48. The van der Waals surface area contributed by atoms with Gasteiger partial charge >= 0.3 is 0 Å². The van der Waals surface area contributed by atoms with Gasteiger partial charge in [-0.2, -0.15) is 0 Å². The molecule has 0 unspecified atom stereocenters. The third-order valence-corrected chi connectivity index (χ3v) is 2.83. The van der Waals surface area contributed by atoms with Gasteiger partial charge < -0.3 is 15.4 Å². The van der Waals surface area contributed by atoms with Gasteiger partial charge in [0.1, 0.15) is 5.75 Å². The van der Waals surface area contributed by atoms with Crippen molar-refractivity contribution in [1.82, 2.24) is 0 Å². The summed E-state index contributed by atoms with van der Waals surface area (Å²) in [6, 6.07) is 7.39. The second kappa shape index (κ2) is 5.19. The first-order valence-corrected chi connectivity index (χ1v) is 5.54. The van der Waals surface area contributed by atoms with E-state index in [9.17, 15) is 4.79 Å². The highest BCUT2D eigenvalue weighted by molar-refractivity contribution is 5.96. The summed E-state index contributed by atoms with van der Waals surface area (Å²) in [5.41, 5.74) is 5.85. The van der Waals surface area contributed by atoms with Crippen LogP contribution in [0.1, 0.15) is 13.8 Å². The molecule has 0 fully saturated rings. The van der Waals surface area contributed by atoms with E-state index in [1.807, 2.05) is 38.1 Å². The molecule has 94 valence electrons. The van der Waals surface area contributed by atoms with Crippen LogP contribution in [0, 0.1) is 5.41 Å². The van der Waals surface area contributed by atoms with E-state index in [1.165, 1.54) is 0 Å². The van der Waals surface area contributed by atoms with Crippen molar-refractivity contribution in [3.8, 4) is 5.75 Å². The lowest BCUT2D eigenvalue weighted by atomic mass is 9.92. The molecule has 0 aliphatic heterocycles. The Morgan fingerprint density at radius 1 is 1.47 bits per heavy atom. The summed E-state index contributed by atoms with van der Waals surface area (Å²) in [6.45, 7) is 4.00. The molecule has 17 heavy (non-hydrogen) atoms. The van der Waals surface area contributed by atoms with E-state index in [-0.39, 0.29) is 5.91 Å². The maximum atomic E-state index is 12.2. The number of nitrogens with zero attached hydrogens (tertiary/aromatic N) is 1. The molecular weight excluding hydrogens is 216 g/mol. The van der Waals surface area contributed by atoms with Gasteiger partial charge in [0.15, 0.2) is 0 Å². The zero-order valence-electron chi connectivity index (χ0n) is 10.9. The van der Waals surface area contributed by atoms with Crippen LogP contribution in [0.25, 0.3) is 0 Å². The number of nitrogens with two attached hydrogens (primary N) is 1. The van der Waals surface area contributed by atoms with Crippen molar-refractivity contribution in [3.63, 3.8) is 0 Å². The van der Waals surface area contributed by atoms with E-state index in [4.69, 9.17) is 10.5 Å². The highest BCUT2D eigenvalue weighted by Gasteiger charge is 2.29. The molecule has 1 amide bonds. The van der Waals surface area contributed by atoms with Gasteiger partial charge in [0.25, 0.3) is 0 Å². The molecule has 1 rings (SSSR count). The molecule has 0 aromatic heterocycles. The number of anilines is 1. The van der Waals surface area contributed by atoms with E-state index >= 15 is 0 Å². The van der Waals surface area contributed by atoms with E-state index in [0.29, 0.717) is 6.54 Å². The lowest BCUT2D eigenvalue weighted by Crippen LogP contribution is -2.42. The molecule has 2 N–H and O–H groups in total. The normalized spacial score (nSPS) is 11.1.